The summed E-state index contributed by atoms with van der Waals surface area (Å²) in [5.41, 5.74) is 1.36. The largest absolute Gasteiger partial charge is 0.508 e. The third kappa shape index (κ3) is 8.18. The number of aromatic hydroxyl groups is 2. The normalized spacial score (nSPS) is 10.7. The van der Waals surface area contributed by atoms with Crippen molar-refractivity contribution in [1.29, 1.82) is 0 Å². The van der Waals surface area contributed by atoms with E-state index in [0.717, 1.165) is 0 Å². The molecule has 0 aliphatic carbocycles. The molecule has 158 valence electrons. The molecule has 0 bridgehead atoms. The molecule has 0 saturated carbocycles. The minimum atomic E-state index is -1.10. The lowest BCUT2D eigenvalue weighted by atomic mass is 10.1. The summed E-state index contributed by atoms with van der Waals surface area (Å²) >= 11 is 0. The summed E-state index contributed by atoms with van der Waals surface area (Å²) in [6, 6.07) is 13.7. The SMILES string of the molecule is O.O=C(O)CN(CCN(Cc1ccccc1O)Cc1ccccc1O)CC(=O)O. The molecule has 0 unspecified atom stereocenters. The lowest BCUT2D eigenvalue weighted by molar-refractivity contribution is -0.141. The van der Waals surface area contributed by atoms with Crippen LogP contribution in [-0.4, -0.2) is 73.8 Å². The second-order valence-corrected chi connectivity index (χ2v) is 6.47. The molecule has 2 aromatic carbocycles. The van der Waals surface area contributed by atoms with Gasteiger partial charge in [-0.2, -0.15) is 0 Å². The van der Waals surface area contributed by atoms with E-state index >= 15 is 0 Å². The van der Waals surface area contributed by atoms with Crippen LogP contribution in [0.25, 0.3) is 0 Å². The van der Waals surface area contributed by atoms with Gasteiger partial charge in [0.2, 0.25) is 0 Å². The minimum absolute atomic E-state index is 0. The van der Waals surface area contributed by atoms with Crippen LogP contribution in [0.4, 0.5) is 0 Å². The summed E-state index contributed by atoms with van der Waals surface area (Å²) in [6.45, 7) is 0.508. The van der Waals surface area contributed by atoms with E-state index < -0.39 is 11.9 Å². The molecule has 29 heavy (non-hydrogen) atoms. The molecule has 0 aromatic heterocycles. The van der Waals surface area contributed by atoms with E-state index in [1.165, 1.54) is 4.90 Å². The monoisotopic (exact) mass is 406 g/mol. The fourth-order valence-corrected chi connectivity index (χ4v) is 2.86. The molecule has 0 spiro atoms. The van der Waals surface area contributed by atoms with Gasteiger partial charge in [0.1, 0.15) is 11.5 Å². The third-order valence-electron chi connectivity index (χ3n) is 4.22. The lowest BCUT2D eigenvalue weighted by Gasteiger charge is -2.26. The summed E-state index contributed by atoms with van der Waals surface area (Å²) < 4.78 is 0. The fourth-order valence-electron chi connectivity index (χ4n) is 2.86. The van der Waals surface area contributed by atoms with Crippen LogP contribution < -0.4 is 0 Å². The number of phenols is 2. The van der Waals surface area contributed by atoms with Gasteiger partial charge >= 0.3 is 11.9 Å². The molecule has 0 atom stereocenters. The van der Waals surface area contributed by atoms with Gasteiger partial charge in [0.15, 0.2) is 0 Å². The Morgan fingerprint density at radius 2 is 1.07 bits per heavy atom. The van der Waals surface area contributed by atoms with Gasteiger partial charge in [0.05, 0.1) is 13.1 Å². The average molecular weight is 406 g/mol. The number of carboxylic acids is 2. The van der Waals surface area contributed by atoms with Gasteiger partial charge in [-0.25, -0.2) is 0 Å². The smallest absolute Gasteiger partial charge is 0.317 e. The number of para-hydroxylation sites is 2. The minimum Gasteiger partial charge on any atom is -0.508 e. The van der Waals surface area contributed by atoms with E-state index in [1.54, 1.807) is 48.5 Å². The van der Waals surface area contributed by atoms with Crippen molar-refractivity contribution in [3.8, 4) is 11.5 Å². The van der Waals surface area contributed by atoms with Crippen LogP contribution in [0, 0.1) is 0 Å². The average Bonchev–Trinajstić information content (AvgIpc) is 2.62. The van der Waals surface area contributed by atoms with Gasteiger partial charge in [-0.3, -0.25) is 19.4 Å². The Morgan fingerprint density at radius 1 is 0.690 bits per heavy atom. The highest BCUT2D eigenvalue weighted by atomic mass is 16.4. The van der Waals surface area contributed by atoms with Crippen LogP contribution in [0.15, 0.2) is 48.5 Å². The molecule has 0 aliphatic rings. The summed E-state index contributed by atoms with van der Waals surface area (Å²) in [5, 5.41) is 38.1. The maximum atomic E-state index is 11.0. The molecule has 0 fully saturated rings. The second kappa shape index (κ2) is 11.6. The Balaban J connectivity index is 0.00000420. The van der Waals surface area contributed by atoms with Crippen molar-refractivity contribution in [3.05, 3.63) is 59.7 Å². The zero-order valence-electron chi connectivity index (χ0n) is 15.9. The van der Waals surface area contributed by atoms with E-state index in [2.05, 4.69) is 0 Å². The number of hydrogen-bond donors (Lipinski definition) is 4. The Labute approximate surface area is 168 Å². The molecule has 0 amide bonds. The van der Waals surface area contributed by atoms with Crippen LogP contribution in [-0.2, 0) is 22.7 Å². The van der Waals surface area contributed by atoms with E-state index in [4.69, 9.17) is 10.2 Å². The maximum Gasteiger partial charge on any atom is 0.317 e. The molecule has 9 nitrogen and oxygen atoms in total. The Kier molecular flexibility index (Phi) is 9.60. The molecule has 9 heteroatoms. The highest BCUT2D eigenvalue weighted by molar-refractivity contribution is 5.72. The zero-order chi connectivity index (χ0) is 20.5. The molecular formula is C20H26N2O7. The summed E-state index contributed by atoms with van der Waals surface area (Å²) in [5.74, 6) is -1.93. The molecule has 6 N–H and O–H groups in total. The summed E-state index contributed by atoms with van der Waals surface area (Å²) in [4.78, 5) is 25.2. The quantitative estimate of drug-likeness (QED) is 0.426. The van der Waals surface area contributed by atoms with Gasteiger partial charge in [-0.05, 0) is 12.1 Å². The maximum absolute atomic E-state index is 11.0. The molecule has 2 aromatic rings. The van der Waals surface area contributed by atoms with Crippen molar-refractivity contribution in [2.24, 2.45) is 0 Å². The Bertz CT molecular complexity index is 749. The number of nitrogens with zero attached hydrogens (tertiary/aromatic N) is 2. The lowest BCUT2D eigenvalue weighted by Crippen LogP contribution is -2.40. The number of aliphatic carboxylic acids is 2. The molecule has 0 aliphatic heterocycles. The molecule has 0 saturated heterocycles. The van der Waals surface area contributed by atoms with Gasteiger partial charge < -0.3 is 25.9 Å². The predicted molar refractivity (Wildman–Crippen MR) is 106 cm³/mol. The summed E-state index contributed by atoms with van der Waals surface area (Å²) in [6.07, 6.45) is 0. The van der Waals surface area contributed by atoms with Crippen LogP contribution in [0.3, 0.4) is 0 Å². The first-order chi connectivity index (χ1) is 13.3. The van der Waals surface area contributed by atoms with E-state index in [9.17, 15) is 19.8 Å². The Hall–Kier alpha value is -3.14. The number of benzene rings is 2. The molecule has 2 rings (SSSR count). The third-order valence-corrected chi connectivity index (χ3v) is 4.22. The van der Waals surface area contributed by atoms with E-state index in [0.29, 0.717) is 30.8 Å². The van der Waals surface area contributed by atoms with Gasteiger partial charge in [0.25, 0.3) is 0 Å². The first kappa shape index (κ1) is 23.9. The van der Waals surface area contributed by atoms with Crippen molar-refractivity contribution in [2.45, 2.75) is 13.1 Å². The topological polar surface area (TPSA) is 153 Å². The van der Waals surface area contributed by atoms with Gasteiger partial charge in [0, 0.05) is 37.3 Å². The zero-order valence-corrected chi connectivity index (χ0v) is 15.9. The fraction of sp³-hybridized carbons (Fsp3) is 0.300. The standard InChI is InChI=1S/C20H24N2O6.H2O/c23-17-7-3-1-5-15(17)11-21(12-16-6-2-4-8-18(16)24)9-10-22(13-19(25)26)14-20(27)28;/h1-8,23-24H,9-14H2,(H,25,26)(H,27,28);1H2. The van der Waals surface area contributed by atoms with Crippen molar-refractivity contribution >= 4 is 11.9 Å². The van der Waals surface area contributed by atoms with Crippen LogP contribution in [0.1, 0.15) is 11.1 Å². The van der Waals surface area contributed by atoms with E-state index in [-0.39, 0.29) is 36.6 Å². The highest BCUT2D eigenvalue weighted by Gasteiger charge is 2.17. The van der Waals surface area contributed by atoms with Crippen LogP contribution >= 0.6 is 0 Å². The van der Waals surface area contributed by atoms with Crippen molar-refractivity contribution in [3.63, 3.8) is 0 Å². The van der Waals surface area contributed by atoms with Crippen molar-refractivity contribution in [1.82, 2.24) is 9.80 Å². The number of rotatable bonds is 11. The molecule has 0 radical (unpaired) electrons. The van der Waals surface area contributed by atoms with Crippen LogP contribution in [0.2, 0.25) is 0 Å². The first-order valence-electron chi connectivity index (χ1n) is 8.77. The van der Waals surface area contributed by atoms with Crippen molar-refractivity contribution < 1.29 is 35.5 Å². The number of carbonyl (C=O) groups is 2. The number of carboxylic acid groups (broad SMARTS) is 2. The number of phenolic OH excluding ortho intramolecular Hbond substituents is 2. The van der Waals surface area contributed by atoms with Gasteiger partial charge in [-0.1, -0.05) is 36.4 Å². The Morgan fingerprint density at radius 3 is 1.45 bits per heavy atom. The van der Waals surface area contributed by atoms with Crippen LogP contribution in [0.5, 0.6) is 11.5 Å². The summed E-state index contributed by atoms with van der Waals surface area (Å²) in [7, 11) is 0. The predicted octanol–water partition coefficient (Wildman–Crippen LogP) is 0.746. The number of hydrogen-bond acceptors (Lipinski definition) is 6. The van der Waals surface area contributed by atoms with Gasteiger partial charge in [-0.15, -0.1) is 0 Å². The first-order valence-corrected chi connectivity index (χ1v) is 8.77. The second-order valence-electron chi connectivity index (χ2n) is 6.47. The van der Waals surface area contributed by atoms with Crippen molar-refractivity contribution in [2.75, 3.05) is 26.2 Å². The molecular weight excluding hydrogens is 380 g/mol. The van der Waals surface area contributed by atoms with E-state index in [1.807, 2.05) is 4.90 Å². The highest BCUT2D eigenvalue weighted by Crippen LogP contribution is 2.22. The molecule has 0 heterocycles.